The molecule has 0 saturated carbocycles. The third kappa shape index (κ3) is 6.05. The van der Waals surface area contributed by atoms with E-state index in [1.807, 2.05) is 50.2 Å². The molecular formula is C21H22N4O3S. The number of rotatable bonds is 7. The smallest absolute Gasteiger partial charge is 0.325 e. The quantitative estimate of drug-likeness (QED) is 0.527. The van der Waals surface area contributed by atoms with Crippen molar-refractivity contribution >= 4 is 39.8 Å². The molecule has 3 rings (SSSR count). The predicted octanol–water partition coefficient (Wildman–Crippen LogP) is 4.68. The maximum absolute atomic E-state index is 12.3. The van der Waals surface area contributed by atoms with E-state index in [2.05, 4.69) is 20.9 Å². The van der Waals surface area contributed by atoms with E-state index in [-0.39, 0.29) is 18.4 Å². The second-order valence-corrected chi connectivity index (χ2v) is 7.10. The molecule has 150 valence electrons. The summed E-state index contributed by atoms with van der Waals surface area (Å²) in [7, 11) is 0. The van der Waals surface area contributed by atoms with E-state index < -0.39 is 0 Å². The van der Waals surface area contributed by atoms with Crippen LogP contribution in [0.1, 0.15) is 18.2 Å². The fraction of sp³-hybridized carbons (Fsp3) is 0.190. The number of anilines is 3. The number of hydrogen-bond acceptors (Lipinski definition) is 5. The molecule has 1 heterocycles. The molecule has 29 heavy (non-hydrogen) atoms. The number of nitrogens with zero attached hydrogens (tertiary/aromatic N) is 1. The summed E-state index contributed by atoms with van der Waals surface area (Å²) in [5, 5.41) is 10.4. The van der Waals surface area contributed by atoms with Gasteiger partial charge in [0.25, 0.3) is 0 Å². The van der Waals surface area contributed by atoms with Crippen molar-refractivity contribution in [2.75, 3.05) is 22.6 Å². The molecule has 3 N–H and O–H groups in total. The number of amides is 3. The van der Waals surface area contributed by atoms with Crippen LogP contribution in [-0.2, 0) is 11.2 Å². The van der Waals surface area contributed by atoms with Crippen LogP contribution in [-0.4, -0.2) is 23.5 Å². The third-order valence-electron chi connectivity index (χ3n) is 3.88. The lowest BCUT2D eigenvalue weighted by molar-refractivity contribution is -0.115. The largest absolute Gasteiger partial charge is 0.492 e. The lowest BCUT2D eigenvalue weighted by Gasteiger charge is -2.10. The van der Waals surface area contributed by atoms with Crippen LogP contribution in [0.5, 0.6) is 5.75 Å². The molecule has 0 aliphatic heterocycles. The Bertz CT molecular complexity index is 986. The van der Waals surface area contributed by atoms with Crippen LogP contribution in [0.4, 0.5) is 21.3 Å². The molecule has 0 aliphatic rings. The van der Waals surface area contributed by atoms with Gasteiger partial charge >= 0.3 is 6.03 Å². The number of carbonyl (C=O) groups is 2. The van der Waals surface area contributed by atoms with Crippen molar-refractivity contribution in [2.24, 2.45) is 0 Å². The Kier molecular flexibility index (Phi) is 6.80. The number of nitrogens with one attached hydrogen (secondary N) is 3. The summed E-state index contributed by atoms with van der Waals surface area (Å²) >= 11 is 1.26. The zero-order valence-corrected chi connectivity index (χ0v) is 17.0. The molecule has 3 amide bonds. The lowest BCUT2D eigenvalue weighted by atomic mass is 10.2. The summed E-state index contributed by atoms with van der Waals surface area (Å²) in [6.07, 6.45) is 0.0955. The van der Waals surface area contributed by atoms with Gasteiger partial charge < -0.3 is 15.4 Å². The number of thiazole rings is 1. The standard InChI is InChI=1S/C21H22N4O3S/c1-3-28-18-7-5-4-6-17(18)24-19(26)12-16-13-29-21(23-16)25-20(27)22-15-10-8-14(2)9-11-15/h4-11,13H,3,12H2,1-2H3,(H,24,26)(H2,22,23,25,27). The molecule has 0 aliphatic carbocycles. The Morgan fingerprint density at radius 2 is 1.79 bits per heavy atom. The van der Waals surface area contributed by atoms with Crippen LogP contribution in [0, 0.1) is 6.92 Å². The summed E-state index contributed by atoms with van der Waals surface area (Å²) in [6.45, 7) is 4.38. The van der Waals surface area contributed by atoms with Gasteiger partial charge in [-0.3, -0.25) is 10.1 Å². The number of para-hydroxylation sites is 2. The molecule has 0 bridgehead atoms. The monoisotopic (exact) mass is 410 g/mol. The van der Waals surface area contributed by atoms with Crippen LogP contribution < -0.4 is 20.7 Å². The molecule has 0 spiro atoms. The molecule has 0 saturated heterocycles. The van der Waals surface area contributed by atoms with Gasteiger partial charge in [0.05, 0.1) is 24.4 Å². The molecular weight excluding hydrogens is 388 g/mol. The number of aryl methyl sites for hydroxylation is 1. The minimum atomic E-state index is -0.384. The molecule has 0 atom stereocenters. The highest BCUT2D eigenvalue weighted by Gasteiger charge is 2.12. The highest BCUT2D eigenvalue weighted by atomic mass is 32.1. The van der Waals surface area contributed by atoms with Gasteiger partial charge in [0.2, 0.25) is 5.91 Å². The Morgan fingerprint density at radius 3 is 2.55 bits per heavy atom. The number of carbonyl (C=O) groups excluding carboxylic acids is 2. The van der Waals surface area contributed by atoms with Crippen LogP contribution in [0.3, 0.4) is 0 Å². The highest BCUT2D eigenvalue weighted by molar-refractivity contribution is 7.14. The number of benzene rings is 2. The number of ether oxygens (including phenoxy) is 1. The first-order valence-electron chi connectivity index (χ1n) is 9.14. The topological polar surface area (TPSA) is 92.4 Å². The summed E-state index contributed by atoms with van der Waals surface area (Å²) in [5.74, 6) is 0.412. The van der Waals surface area contributed by atoms with Crippen molar-refractivity contribution in [1.29, 1.82) is 0 Å². The van der Waals surface area contributed by atoms with E-state index in [4.69, 9.17) is 4.74 Å². The SMILES string of the molecule is CCOc1ccccc1NC(=O)Cc1csc(NC(=O)Nc2ccc(C)cc2)n1. The lowest BCUT2D eigenvalue weighted by Crippen LogP contribution is -2.19. The van der Waals surface area contributed by atoms with E-state index in [1.54, 1.807) is 17.5 Å². The minimum absolute atomic E-state index is 0.0955. The predicted molar refractivity (Wildman–Crippen MR) is 116 cm³/mol. The molecule has 0 fully saturated rings. The Balaban J connectivity index is 1.54. The average Bonchev–Trinajstić information content (AvgIpc) is 3.12. The minimum Gasteiger partial charge on any atom is -0.492 e. The second kappa shape index (κ2) is 9.70. The first kappa shape index (κ1) is 20.3. The van der Waals surface area contributed by atoms with Crippen LogP contribution in [0.2, 0.25) is 0 Å². The Labute approximate surface area is 173 Å². The molecule has 1 aromatic heterocycles. The van der Waals surface area contributed by atoms with Crippen molar-refractivity contribution < 1.29 is 14.3 Å². The Morgan fingerprint density at radius 1 is 1.03 bits per heavy atom. The van der Waals surface area contributed by atoms with Gasteiger partial charge in [0.15, 0.2) is 5.13 Å². The van der Waals surface area contributed by atoms with Crippen molar-refractivity contribution in [1.82, 2.24) is 4.98 Å². The van der Waals surface area contributed by atoms with Crippen molar-refractivity contribution in [3.8, 4) is 5.75 Å². The van der Waals surface area contributed by atoms with Crippen molar-refractivity contribution in [3.63, 3.8) is 0 Å². The summed E-state index contributed by atoms with van der Waals surface area (Å²) in [6, 6.07) is 14.4. The first-order chi connectivity index (χ1) is 14.0. The van der Waals surface area contributed by atoms with Crippen molar-refractivity contribution in [3.05, 3.63) is 65.2 Å². The first-order valence-corrected chi connectivity index (χ1v) is 10.0. The van der Waals surface area contributed by atoms with Gasteiger partial charge in [0, 0.05) is 11.1 Å². The molecule has 3 aromatic rings. The maximum atomic E-state index is 12.3. The Hall–Kier alpha value is -3.39. The van der Waals surface area contributed by atoms with Crippen LogP contribution >= 0.6 is 11.3 Å². The van der Waals surface area contributed by atoms with E-state index in [9.17, 15) is 9.59 Å². The van der Waals surface area contributed by atoms with E-state index >= 15 is 0 Å². The van der Waals surface area contributed by atoms with Gasteiger partial charge in [-0.2, -0.15) is 0 Å². The zero-order valence-electron chi connectivity index (χ0n) is 16.2. The van der Waals surface area contributed by atoms with Gasteiger partial charge in [-0.05, 0) is 38.1 Å². The fourth-order valence-corrected chi connectivity index (χ4v) is 3.26. The summed E-state index contributed by atoms with van der Waals surface area (Å²) in [4.78, 5) is 28.7. The third-order valence-corrected chi connectivity index (χ3v) is 4.69. The number of aromatic nitrogens is 1. The molecule has 8 heteroatoms. The summed E-state index contributed by atoms with van der Waals surface area (Å²) < 4.78 is 5.51. The molecule has 0 radical (unpaired) electrons. The van der Waals surface area contributed by atoms with Crippen LogP contribution in [0.15, 0.2) is 53.9 Å². The van der Waals surface area contributed by atoms with Gasteiger partial charge in [-0.25, -0.2) is 9.78 Å². The van der Waals surface area contributed by atoms with Gasteiger partial charge in [-0.15, -0.1) is 11.3 Å². The zero-order chi connectivity index (χ0) is 20.6. The van der Waals surface area contributed by atoms with E-state index in [1.165, 1.54) is 11.3 Å². The normalized spacial score (nSPS) is 10.3. The van der Waals surface area contributed by atoms with Gasteiger partial charge in [0.1, 0.15) is 5.75 Å². The second-order valence-electron chi connectivity index (χ2n) is 6.24. The van der Waals surface area contributed by atoms with E-state index in [0.29, 0.717) is 34.6 Å². The summed E-state index contributed by atoms with van der Waals surface area (Å²) in [5.41, 5.74) is 3.00. The molecule has 7 nitrogen and oxygen atoms in total. The highest BCUT2D eigenvalue weighted by Crippen LogP contribution is 2.24. The molecule has 2 aromatic carbocycles. The van der Waals surface area contributed by atoms with Crippen molar-refractivity contribution in [2.45, 2.75) is 20.3 Å². The fourth-order valence-electron chi connectivity index (χ4n) is 2.55. The van der Waals surface area contributed by atoms with E-state index in [0.717, 1.165) is 5.56 Å². The maximum Gasteiger partial charge on any atom is 0.325 e. The average molecular weight is 410 g/mol. The van der Waals surface area contributed by atoms with Crippen LogP contribution in [0.25, 0.3) is 0 Å². The number of urea groups is 1. The number of hydrogen-bond donors (Lipinski definition) is 3. The molecule has 0 unspecified atom stereocenters. The van der Waals surface area contributed by atoms with Gasteiger partial charge in [-0.1, -0.05) is 29.8 Å².